The number of rotatable bonds is 5. The van der Waals surface area contributed by atoms with Gasteiger partial charge in [0.05, 0.1) is 12.7 Å². The molecule has 1 aliphatic carbocycles. The Hall–Kier alpha value is -2.95. The zero-order valence-electron chi connectivity index (χ0n) is 14.7. The van der Waals surface area contributed by atoms with Gasteiger partial charge in [-0.05, 0) is 25.0 Å². The van der Waals surface area contributed by atoms with Gasteiger partial charge in [0.2, 0.25) is 0 Å². The molecule has 1 fully saturated rings. The molecule has 1 aliphatic rings. The van der Waals surface area contributed by atoms with Crippen molar-refractivity contribution < 1.29 is 22.7 Å². The zero-order valence-corrected chi connectivity index (χ0v) is 15.5. The average molecular weight is 394 g/mol. The Balaban J connectivity index is 1.95. The van der Waals surface area contributed by atoms with E-state index in [1.165, 1.54) is 22.8 Å². The lowest BCUT2D eigenvalue weighted by atomic mass is 10.2. The van der Waals surface area contributed by atoms with Gasteiger partial charge < -0.3 is 4.74 Å². The number of hydrogen-bond acceptors (Lipinski definition) is 7. The molecular weight excluding hydrogens is 376 g/mol. The third-order valence-corrected chi connectivity index (χ3v) is 5.48. The van der Waals surface area contributed by atoms with Gasteiger partial charge in [0.1, 0.15) is 10.7 Å². The third-order valence-electron chi connectivity index (χ3n) is 4.10. The summed E-state index contributed by atoms with van der Waals surface area (Å²) in [4.78, 5) is 36.2. The highest BCUT2D eigenvalue weighted by molar-refractivity contribution is 7.90. The highest BCUT2D eigenvalue weighted by Gasteiger charge is 2.32. The molecule has 0 aliphatic heterocycles. The standard InChI is InChI=1S/C16H18N4O6S/c1-3-13-17-20(16(23)19(13)10-8-9-10)15(22)18-27(24,25)12-7-5-4-6-11(12)14(21)26-2/h4-7,10H,3,8-9H2,1-2H3,(H,18,22). The first-order valence-electron chi connectivity index (χ1n) is 8.25. The number of nitrogens with one attached hydrogen (secondary N) is 1. The molecule has 10 nitrogen and oxygen atoms in total. The first-order chi connectivity index (χ1) is 12.8. The lowest BCUT2D eigenvalue weighted by Crippen LogP contribution is -2.41. The van der Waals surface area contributed by atoms with E-state index in [4.69, 9.17) is 0 Å². The topological polar surface area (TPSA) is 129 Å². The number of aromatic nitrogens is 3. The lowest BCUT2D eigenvalue weighted by Gasteiger charge is -2.09. The maximum Gasteiger partial charge on any atom is 0.360 e. The second-order valence-electron chi connectivity index (χ2n) is 5.96. The van der Waals surface area contributed by atoms with Crippen molar-refractivity contribution in [2.75, 3.05) is 7.11 Å². The van der Waals surface area contributed by atoms with Crippen LogP contribution in [0.3, 0.4) is 0 Å². The summed E-state index contributed by atoms with van der Waals surface area (Å²) in [5.74, 6) is -0.461. The normalized spacial score (nSPS) is 14.0. The number of hydrogen-bond donors (Lipinski definition) is 1. The Labute approximate surface area is 154 Å². The van der Waals surface area contributed by atoms with Crippen LogP contribution >= 0.6 is 0 Å². The summed E-state index contributed by atoms with van der Waals surface area (Å²) in [7, 11) is -3.32. The van der Waals surface area contributed by atoms with Crippen molar-refractivity contribution in [3.63, 3.8) is 0 Å². The lowest BCUT2D eigenvalue weighted by molar-refractivity contribution is 0.0596. The summed E-state index contributed by atoms with van der Waals surface area (Å²) in [5, 5.41) is 3.94. The summed E-state index contributed by atoms with van der Waals surface area (Å²) < 4.78 is 33.4. The van der Waals surface area contributed by atoms with E-state index in [9.17, 15) is 22.8 Å². The van der Waals surface area contributed by atoms with Gasteiger partial charge in [-0.15, -0.1) is 9.78 Å². The smallest absolute Gasteiger partial charge is 0.360 e. The minimum Gasteiger partial charge on any atom is -0.465 e. The predicted molar refractivity (Wildman–Crippen MR) is 93.0 cm³/mol. The van der Waals surface area contributed by atoms with Crippen LogP contribution in [0.1, 0.15) is 42.0 Å². The third kappa shape index (κ3) is 3.50. The number of sulfonamides is 1. The molecular formula is C16H18N4O6S. The molecule has 1 saturated carbocycles. The van der Waals surface area contributed by atoms with Crippen molar-refractivity contribution >= 4 is 22.0 Å². The molecule has 0 spiro atoms. The maximum absolute atomic E-state index is 12.6. The van der Waals surface area contributed by atoms with E-state index < -0.39 is 32.6 Å². The number of esters is 1. The van der Waals surface area contributed by atoms with Gasteiger partial charge in [-0.3, -0.25) is 4.57 Å². The van der Waals surface area contributed by atoms with Crippen LogP contribution in [0.5, 0.6) is 0 Å². The van der Waals surface area contributed by atoms with Crippen molar-refractivity contribution in [3.05, 3.63) is 46.1 Å². The van der Waals surface area contributed by atoms with Crippen molar-refractivity contribution in [2.45, 2.75) is 37.1 Å². The number of amides is 1. The van der Waals surface area contributed by atoms with Crippen LogP contribution in [0.25, 0.3) is 0 Å². The van der Waals surface area contributed by atoms with Gasteiger partial charge in [-0.25, -0.2) is 27.5 Å². The SMILES string of the molecule is CCc1nn(C(=O)NS(=O)(=O)c2ccccc2C(=O)OC)c(=O)n1C1CC1. The van der Waals surface area contributed by atoms with E-state index >= 15 is 0 Å². The minimum absolute atomic E-state index is 0.00865. The number of benzene rings is 1. The van der Waals surface area contributed by atoms with Crippen LogP contribution in [0.2, 0.25) is 0 Å². The number of carbonyl (C=O) groups excluding carboxylic acids is 2. The van der Waals surface area contributed by atoms with Crippen LogP contribution in [-0.2, 0) is 21.2 Å². The van der Waals surface area contributed by atoms with Crippen molar-refractivity contribution in [3.8, 4) is 0 Å². The Bertz CT molecular complexity index is 1060. The van der Waals surface area contributed by atoms with Gasteiger partial charge in [0, 0.05) is 12.5 Å². The fourth-order valence-corrected chi connectivity index (χ4v) is 3.81. The largest absolute Gasteiger partial charge is 0.465 e. The average Bonchev–Trinajstić information content (AvgIpc) is 3.43. The first-order valence-corrected chi connectivity index (χ1v) is 9.73. The number of ether oxygens (including phenoxy) is 1. The van der Waals surface area contributed by atoms with Gasteiger partial charge in [0.25, 0.3) is 10.0 Å². The Morgan fingerprint density at radius 2 is 1.96 bits per heavy atom. The van der Waals surface area contributed by atoms with Crippen LogP contribution in [0.15, 0.2) is 34.0 Å². The fraction of sp³-hybridized carbons (Fsp3) is 0.375. The summed E-state index contributed by atoms with van der Waals surface area (Å²) in [6, 6.07) is 4.05. The number of nitrogens with zero attached hydrogens (tertiary/aromatic N) is 3. The first kappa shape index (κ1) is 18.8. The molecule has 1 aromatic heterocycles. The van der Waals surface area contributed by atoms with E-state index in [2.05, 4.69) is 9.84 Å². The number of carbonyl (C=O) groups is 2. The zero-order chi connectivity index (χ0) is 19.8. The Morgan fingerprint density at radius 3 is 2.56 bits per heavy atom. The van der Waals surface area contributed by atoms with Crippen LogP contribution < -0.4 is 10.4 Å². The summed E-state index contributed by atoms with van der Waals surface area (Å²) in [6.45, 7) is 1.78. The van der Waals surface area contributed by atoms with Gasteiger partial charge in [-0.2, -0.15) is 0 Å². The van der Waals surface area contributed by atoms with Crippen LogP contribution in [0.4, 0.5) is 4.79 Å². The molecule has 0 saturated heterocycles. The van der Waals surface area contributed by atoms with Crippen molar-refractivity contribution in [1.29, 1.82) is 0 Å². The molecule has 0 radical (unpaired) electrons. The predicted octanol–water partition coefficient (Wildman–Crippen LogP) is 0.675. The molecule has 1 heterocycles. The highest BCUT2D eigenvalue weighted by atomic mass is 32.2. The molecule has 0 unspecified atom stereocenters. The molecule has 1 N–H and O–H groups in total. The summed E-state index contributed by atoms with van der Waals surface area (Å²) in [6.07, 6.45) is 2.04. The van der Waals surface area contributed by atoms with Crippen LogP contribution in [0, 0.1) is 0 Å². The van der Waals surface area contributed by atoms with E-state index in [1.54, 1.807) is 11.6 Å². The Morgan fingerprint density at radius 1 is 1.30 bits per heavy atom. The molecule has 144 valence electrons. The van der Waals surface area contributed by atoms with Crippen molar-refractivity contribution in [1.82, 2.24) is 19.1 Å². The molecule has 1 aromatic carbocycles. The molecule has 2 aromatic rings. The highest BCUT2D eigenvalue weighted by Crippen LogP contribution is 2.34. The minimum atomic E-state index is -4.43. The molecule has 27 heavy (non-hydrogen) atoms. The van der Waals surface area contributed by atoms with E-state index in [0.29, 0.717) is 16.9 Å². The second-order valence-corrected chi connectivity index (χ2v) is 7.61. The Kier molecular flexibility index (Phi) is 4.87. The van der Waals surface area contributed by atoms with Gasteiger partial charge >= 0.3 is 17.7 Å². The summed E-state index contributed by atoms with van der Waals surface area (Å²) >= 11 is 0. The molecule has 3 rings (SSSR count). The number of aryl methyl sites for hydroxylation is 1. The fourth-order valence-electron chi connectivity index (χ4n) is 2.68. The van der Waals surface area contributed by atoms with E-state index in [0.717, 1.165) is 26.0 Å². The van der Waals surface area contributed by atoms with Crippen molar-refractivity contribution in [2.24, 2.45) is 0 Å². The molecule has 0 atom stereocenters. The van der Waals surface area contributed by atoms with E-state index in [1.807, 2.05) is 0 Å². The van der Waals surface area contributed by atoms with Crippen LogP contribution in [-0.4, -0.2) is 41.9 Å². The molecule has 11 heteroatoms. The monoisotopic (exact) mass is 394 g/mol. The van der Waals surface area contributed by atoms with Gasteiger partial charge in [-0.1, -0.05) is 19.1 Å². The molecule has 0 bridgehead atoms. The van der Waals surface area contributed by atoms with E-state index in [-0.39, 0.29) is 11.6 Å². The number of methoxy groups -OCH3 is 1. The summed E-state index contributed by atoms with van der Waals surface area (Å²) in [5.41, 5.74) is -0.922. The van der Waals surface area contributed by atoms with Gasteiger partial charge in [0.15, 0.2) is 0 Å². The second kappa shape index (κ2) is 6.99. The maximum atomic E-state index is 12.6. The molecule has 1 amide bonds. The quantitative estimate of drug-likeness (QED) is 0.738.